The van der Waals surface area contributed by atoms with Crippen molar-refractivity contribution >= 4 is 22.4 Å². The van der Waals surface area contributed by atoms with Gasteiger partial charge in [0.15, 0.2) is 0 Å². The zero-order valence-electron chi connectivity index (χ0n) is 13.1. The maximum absolute atomic E-state index is 10.8. The summed E-state index contributed by atoms with van der Waals surface area (Å²) >= 11 is 0. The Morgan fingerprint density at radius 3 is 2.83 bits per heavy atom. The molecule has 6 nitrogen and oxygen atoms in total. The van der Waals surface area contributed by atoms with E-state index in [0.717, 1.165) is 11.9 Å². The minimum atomic E-state index is -0.415. The van der Waals surface area contributed by atoms with Gasteiger partial charge < -0.3 is 10.3 Å². The second-order valence-corrected chi connectivity index (χ2v) is 5.56. The molecule has 0 saturated carbocycles. The number of hydrogen-bond acceptors (Lipinski definition) is 4. The van der Waals surface area contributed by atoms with Crippen molar-refractivity contribution in [3.05, 3.63) is 63.5 Å². The average molecular weight is 310 g/mol. The number of H-pyrrole nitrogens is 1. The van der Waals surface area contributed by atoms with Crippen molar-refractivity contribution in [2.24, 2.45) is 0 Å². The quantitative estimate of drug-likeness (QED) is 0.555. The number of pyridine rings is 1. The van der Waals surface area contributed by atoms with Gasteiger partial charge in [0, 0.05) is 28.7 Å². The fourth-order valence-corrected chi connectivity index (χ4v) is 2.81. The van der Waals surface area contributed by atoms with Crippen LogP contribution in [-0.4, -0.2) is 21.4 Å². The third-order valence-electron chi connectivity index (χ3n) is 3.99. The number of para-hydroxylation sites is 1. The zero-order valence-corrected chi connectivity index (χ0v) is 13.1. The number of nitrogens with zero attached hydrogens (tertiary/aromatic N) is 2. The van der Waals surface area contributed by atoms with Crippen molar-refractivity contribution in [1.29, 1.82) is 0 Å². The van der Waals surface area contributed by atoms with E-state index in [-0.39, 0.29) is 5.69 Å². The summed E-state index contributed by atoms with van der Waals surface area (Å²) in [5, 5.41) is 15.3. The Morgan fingerprint density at radius 2 is 2.09 bits per heavy atom. The molecule has 0 unspecified atom stereocenters. The van der Waals surface area contributed by atoms with E-state index in [1.165, 1.54) is 22.8 Å². The highest BCUT2D eigenvalue weighted by Gasteiger charge is 2.12. The molecule has 118 valence electrons. The first-order chi connectivity index (χ1) is 11.1. The lowest BCUT2D eigenvalue weighted by Crippen LogP contribution is -2.07. The highest BCUT2D eigenvalue weighted by molar-refractivity contribution is 5.84. The molecule has 0 bridgehead atoms. The maximum atomic E-state index is 10.8. The fourth-order valence-electron chi connectivity index (χ4n) is 2.81. The van der Waals surface area contributed by atoms with E-state index in [1.54, 1.807) is 13.0 Å². The van der Waals surface area contributed by atoms with Crippen LogP contribution in [0.5, 0.6) is 0 Å². The summed E-state index contributed by atoms with van der Waals surface area (Å²) in [6.07, 6.45) is 2.15. The molecule has 0 aliphatic heterocycles. The molecule has 0 amide bonds. The lowest BCUT2D eigenvalue weighted by atomic mass is 10.1. The predicted octanol–water partition coefficient (Wildman–Crippen LogP) is 3.74. The van der Waals surface area contributed by atoms with E-state index in [9.17, 15) is 10.1 Å². The van der Waals surface area contributed by atoms with E-state index < -0.39 is 4.92 Å². The van der Waals surface area contributed by atoms with Crippen LogP contribution in [0.4, 0.5) is 11.5 Å². The summed E-state index contributed by atoms with van der Waals surface area (Å²) in [4.78, 5) is 17.9. The second kappa shape index (κ2) is 6.08. The van der Waals surface area contributed by atoms with Crippen LogP contribution in [0.3, 0.4) is 0 Å². The van der Waals surface area contributed by atoms with Gasteiger partial charge in [-0.2, -0.15) is 0 Å². The number of aromatic amines is 1. The second-order valence-electron chi connectivity index (χ2n) is 5.56. The van der Waals surface area contributed by atoms with Crippen LogP contribution in [-0.2, 0) is 6.42 Å². The van der Waals surface area contributed by atoms with Gasteiger partial charge in [-0.15, -0.1) is 0 Å². The summed E-state index contributed by atoms with van der Waals surface area (Å²) in [5.41, 5.74) is 4.25. The maximum Gasteiger partial charge on any atom is 0.290 e. The Bertz CT molecular complexity index is 870. The SMILES string of the molecule is Cc1cc(NCCc2c(C)[nH]c3ccccc23)ncc1[N+](=O)[O-]. The Hall–Kier alpha value is -2.89. The van der Waals surface area contributed by atoms with E-state index in [0.29, 0.717) is 17.9 Å². The van der Waals surface area contributed by atoms with Crippen molar-refractivity contribution in [3.63, 3.8) is 0 Å². The largest absolute Gasteiger partial charge is 0.370 e. The number of nitrogens with one attached hydrogen (secondary N) is 2. The van der Waals surface area contributed by atoms with Crippen molar-refractivity contribution in [3.8, 4) is 0 Å². The van der Waals surface area contributed by atoms with Crippen molar-refractivity contribution in [1.82, 2.24) is 9.97 Å². The molecule has 23 heavy (non-hydrogen) atoms. The first kappa shape index (κ1) is 15.0. The monoisotopic (exact) mass is 310 g/mol. The number of rotatable bonds is 5. The highest BCUT2D eigenvalue weighted by atomic mass is 16.6. The van der Waals surface area contributed by atoms with Crippen LogP contribution in [0.25, 0.3) is 10.9 Å². The molecule has 6 heteroatoms. The van der Waals surface area contributed by atoms with E-state index in [2.05, 4.69) is 34.3 Å². The third-order valence-corrected chi connectivity index (χ3v) is 3.99. The van der Waals surface area contributed by atoms with Gasteiger partial charge >= 0.3 is 0 Å². The molecule has 0 fully saturated rings. The van der Waals surface area contributed by atoms with Crippen molar-refractivity contribution < 1.29 is 4.92 Å². The minimum absolute atomic E-state index is 0.0445. The van der Waals surface area contributed by atoms with E-state index in [1.807, 2.05) is 12.1 Å². The summed E-state index contributed by atoms with van der Waals surface area (Å²) < 4.78 is 0. The van der Waals surface area contributed by atoms with Gasteiger partial charge in [-0.3, -0.25) is 10.1 Å². The van der Waals surface area contributed by atoms with Crippen LogP contribution in [0.15, 0.2) is 36.5 Å². The Balaban J connectivity index is 1.70. The Labute approximate surface area is 133 Å². The number of nitro groups is 1. The van der Waals surface area contributed by atoms with Gasteiger partial charge in [0.1, 0.15) is 12.0 Å². The van der Waals surface area contributed by atoms with Gasteiger partial charge in [-0.25, -0.2) is 4.98 Å². The molecule has 3 rings (SSSR count). The molecule has 2 N–H and O–H groups in total. The first-order valence-electron chi connectivity index (χ1n) is 7.47. The van der Waals surface area contributed by atoms with Gasteiger partial charge in [-0.1, -0.05) is 18.2 Å². The number of aromatic nitrogens is 2. The smallest absolute Gasteiger partial charge is 0.290 e. The molecular formula is C17H18N4O2. The Morgan fingerprint density at radius 1 is 1.30 bits per heavy atom. The van der Waals surface area contributed by atoms with Crippen LogP contribution in [0.2, 0.25) is 0 Å². The number of hydrogen-bond donors (Lipinski definition) is 2. The minimum Gasteiger partial charge on any atom is -0.370 e. The Kier molecular flexibility index (Phi) is 3.97. The topological polar surface area (TPSA) is 83.8 Å². The molecule has 3 aromatic rings. The molecule has 0 atom stereocenters. The van der Waals surface area contributed by atoms with Gasteiger partial charge in [-0.05, 0) is 38.0 Å². The molecule has 1 aromatic carbocycles. The number of fused-ring (bicyclic) bond motifs is 1. The summed E-state index contributed by atoms with van der Waals surface area (Å²) in [7, 11) is 0. The van der Waals surface area contributed by atoms with Crippen molar-refractivity contribution in [2.45, 2.75) is 20.3 Å². The van der Waals surface area contributed by atoms with Crippen LogP contribution in [0.1, 0.15) is 16.8 Å². The summed E-state index contributed by atoms with van der Waals surface area (Å²) in [6, 6.07) is 9.95. The standard InChI is InChI=1S/C17H18N4O2/c1-11-9-17(19-10-16(11)21(22)23)18-8-7-13-12(2)20-15-6-4-3-5-14(13)15/h3-6,9-10,20H,7-8H2,1-2H3,(H,18,19). The van der Waals surface area contributed by atoms with Crippen LogP contribution >= 0.6 is 0 Å². The molecule has 0 saturated heterocycles. The van der Waals surface area contributed by atoms with E-state index in [4.69, 9.17) is 0 Å². The van der Waals surface area contributed by atoms with Crippen LogP contribution in [0, 0.1) is 24.0 Å². The zero-order chi connectivity index (χ0) is 16.4. The number of anilines is 1. The molecular weight excluding hydrogens is 292 g/mol. The van der Waals surface area contributed by atoms with Gasteiger partial charge in [0.25, 0.3) is 5.69 Å². The first-order valence-corrected chi connectivity index (χ1v) is 7.47. The van der Waals surface area contributed by atoms with Crippen molar-refractivity contribution in [2.75, 3.05) is 11.9 Å². The third kappa shape index (κ3) is 3.01. The number of aryl methyl sites for hydroxylation is 2. The average Bonchev–Trinajstić information content (AvgIpc) is 2.83. The molecule has 0 spiro atoms. The predicted molar refractivity (Wildman–Crippen MR) is 90.9 cm³/mol. The molecule has 2 aromatic heterocycles. The van der Waals surface area contributed by atoms with Crippen LogP contribution < -0.4 is 5.32 Å². The highest BCUT2D eigenvalue weighted by Crippen LogP contribution is 2.23. The molecule has 0 radical (unpaired) electrons. The normalized spacial score (nSPS) is 10.9. The molecule has 0 aliphatic rings. The molecule has 2 heterocycles. The van der Waals surface area contributed by atoms with Gasteiger partial charge in [0.2, 0.25) is 0 Å². The fraction of sp³-hybridized carbons (Fsp3) is 0.235. The summed E-state index contributed by atoms with van der Waals surface area (Å²) in [6.45, 7) is 4.51. The molecule has 0 aliphatic carbocycles. The summed E-state index contributed by atoms with van der Waals surface area (Å²) in [5.74, 6) is 0.658. The van der Waals surface area contributed by atoms with E-state index >= 15 is 0 Å². The lowest BCUT2D eigenvalue weighted by molar-refractivity contribution is -0.385. The van der Waals surface area contributed by atoms with Gasteiger partial charge in [0.05, 0.1) is 4.92 Å². The lowest BCUT2D eigenvalue weighted by Gasteiger charge is -2.07. The number of benzene rings is 1.